The molecular formula is C25H32F3N3O2. The Morgan fingerprint density at radius 1 is 1.09 bits per heavy atom. The molecule has 1 unspecified atom stereocenters. The number of hydrogen-bond acceptors (Lipinski definition) is 5. The lowest BCUT2D eigenvalue weighted by atomic mass is 10.1. The van der Waals surface area contributed by atoms with E-state index in [0.717, 1.165) is 38.2 Å². The molecule has 2 heterocycles. The fourth-order valence-electron chi connectivity index (χ4n) is 4.04. The number of benzene rings is 1. The van der Waals surface area contributed by atoms with Gasteiger partial charge in [-0.1, -0.05) is 32.3 Å². The van der Waals surface area contributed by atoms with Crippen LogP contribution in [0, 0.1) is 0 Å². The van der Waals surface area contributed by atoms with E-state index in [-0.39, 0.29) is 12.1 Å². The molecule has 0 radical (unpaired) electrons. The van der Waals surface area contributed by atoms with Crippen LogP contribution in [0.5, 0.6) is 0 Å². The van der Waals surface area contributed by atoms with Gasteiger partial charge in [-0.3, -0.25) is 9.88 Å². The monoisotopic (exact) mass is 463 g/mol. The molecule has 2 aromatic rings. The number of unbranched alkanes of at least 4 members (excludes halogenated alkanes) is 3. The molecule has 1 aliphatic heterocycles. The van der Waals surface area contributed by atoms with Crippen molar-refractivity contribution in [2.75, 3.05) is 37.6 Å². The van der Waals surface area contributed by atoms with E-state index in [4.69, 9.17) is 4.74 Å². The van der Waals surface area contributed by atoms with Crippen LogP contribution in [-0.4, -0.2) is 54.7 Å². The number of rotatable bonds is 10. The summed E-state index contributed by atoms with van der Waals surface area (Å²) in [7, 11) is 0. The van der Waals surface area contributed by atoms with Gasteiger partial charge in [0.1, 0.15) is 6.10 Å². The first kappa shape index (κ1) is 25.0. The Hall–Kier alpha value is -2.61. The van der Waals surface area contributed by atoms with Crippen LogP contribution >= 0.6 is 0 Å². The van der Waals surface area contributed by atoms with Crippen molar-refractivity contribution in [1.82, 2.24) is 9.88 Å². The highest BCUT2D eigenvalue weighted by Crippen LogP contribution is 2.32. The molecule has 0 aliphatic carbocycles. The summed E-state index contributed by atoms with van der Waals surface area (Å²) in [6.45, 7) is 5.43. The van der Waals surface area contributed by atoms with Crippen LogP contribution in [0.1, 0.15) is 54.9 Å². The van der Waals surface area contributed by atoms with Crippen molar-refractivity contribution in [1.29, 1.82) is 0 Å². The highest BCUT2D eigenvalue weighted by atomic mass is 19.4. The number of piperazine rings is 1. The molecule has 0 bridgehead atoms. The van der Waals surface area contributed by atoms with Crippen molar-refractivity contribution < 1.29 is 22.7 Å². The normalized spacial score (nSPS) is 15.9. The molecular weight excluding hydrogens is 431 g/mol. The van der Waals surface area contributed by atoms with E-state index >= 15 is 0 Å². The van der Waals surface area contributed by atoms with Gasteiger partial charge in [-0.15, -0.1) is 0 Å². The maximum Gasteiger partial charge on any atom is 0.416 e. The molecule has 1 aliphatic rings. The van der Waals surface area contributed by atoms with Crippen LogP contribution in [0.25, 0.3) is 0 Å². The van der Waals surface area contributed by atoms with Crippen LogP contribution < -0.4 is 4.90 Å². The number of nitrogens with zero attached hydrogens (tertiary/aromatic N) is 3. The number of alkyl halides is 3. The third-order valence-electron chi connectivity index (χ3n) is 5.92. The fraction of sp³-hybridized carbons (Fsp3) is 0.520. The minimum Gasteiger partial charge on any atom is -0.457 e. The zero-order valence-electron chi connectivity index (χ0n) is 19.1. The van der Waals surface area contributed by atoms with Gasteiger partial charge in [0, 0.05) is 50.8 Å². The minimum atomic E-state index is -4.35. The lowest BCUT2D eigenvalue weighted by molar-refractivity contribution is -0.137. The number of ether oxygens (including phenoxy) is 1. The second kappa shape index (κ2) is 12.0. The Morgan fingerprint density at radius 2 is 1.88 bits per heavy atom. The van der Waals surface area contributed by atoms with Crippen molar-refractivity contribution in [2.24, 2.45) is 0 Å². The van der Waals surface area contributed by atoms with Crippen molar-refractivity contribution in [3.05, 3.63) is 59.9 Å². The summed E-state index contributed by atoms with van der Waals surface area (Å²) in [5, 5.41) is 0. The summed E-state index contributed by atoms with van der Waals surface area (Å²) in [5.74, 6) is -0.369. The van der Waals surface area contributed by atoms with Crippen molar-refractivity contribution in [3.63, 3.8) is 0 Å². The van der Waals surface area contributed by atoms with Gasteiger partial charge in [-0.05, 0) is 43.2 Å². The third-order valence-corrected chi connectivity index (χ3v) is 5.92. The quantitative estimate of drug-likeness (QED) is 0.348. The van der Waals surface area contributed by atoms with E-state index in [1.165, 1.54) is 18.3 Å². The molecule has 1 aromatic heterocycles. The maximum atomic E-state index is 13.0. The lowest BCUT2D eigenvalue weighted by Crippen LogP contribution is -2.49. The standard InChI is InChI=1S/C25H32F3N3O2/c1-2-3-4-5-11-23(33-24(32)20-8-7-12-29-18-20)19-30-13-15-31(16-14-30)22-10-6-9-21(17-22)25(26,27)28/h6-10,12,17-18,23H,2-5,11,13-16,19H2,1H3. The minimum absolute atomic E-state index is 0.227. The molecule has 1 aromatic carbocycles. The van der Waals surface area contributed by atoms with Crippen LogP contribution in [0.4, 0.5) is 18.9 Å². The van der Waals surface area contributed by atoms with E-state index < -0.39 is 11.7 Å². The van der Waals surface area contributed by atoms with E-state index in [1.54, 1.807) is 24.4 Å². The highest BCUT2D eigenvalue weighted by molar-refractivity contribution is 5.89. The first-order valence-corrected chi connectivity index (χ1v) is 11.6. The number of pyridine rings is 1. The summed E-state index contributed by atoms with van der Waals surface area (Å²) in [4.78, 5) is 20.7. The largest absolute Gasteiger partial charge is 0.457 e. The van der Waals surface area contributed by atoms with Gasteiger partial charge in [0.05, 0.1) is 11.1 Å². The second-order valence-corrected chi connectivity index (χ2v) is 8.45. The zero-order chi connectivity index (χ0) is 23.7. The predicted octanol–water partition coefficient (Wildman–Crippen LogP) is 5.42. The number of aromatic nitrogens is 1. The third kappa shape index (κ3) is 7.74. The SMILES string of the molecule is CCCCCCC(CN1CCN(c2cccc(C(F)(F)F)c2)CC1)OC(=O)c1cccnc1. The van der Waals surface area contributed by atoms with Gasteiger partial charge in [-0.25, -0.2) is 4.79 Å². The number of hydrogen-bond donors (Lipinski definition) is 0. The van der Waals surface area contributed by atoms with Crippen LogP contribution in [0.2, 0.25) is 0 Å². The van der Waals surface area contributed by atoms with Gasteiger partial charge < -0.3 is 9.64 Å². The van der Waals surface area contributed by atoms with Crippen LogP contribution in [0.15, 0.2) is 48.8 Å². The molecule has 5 nitrogen and oxygen atoms in total. The highest BCUT2D eigenvalue weighted by Gasteiger charge is 2.31. The van der Waals surface area contributed by atoms with Crippen molar-refractivity contribution >= 4 is 11.7 Å². The van der Waals surface area contributed by atoms with Gasteiger partial charge in [0.25, 0.3) is 0 Å². The average molecular weight is 464 g/mol. The summed E-state index contributed by atoms with van der Waals surface area (Å²) in [6, 6.07) is 8.88. The summed E-state index contributed by atoms with van der Waals surface area (Å²) in [5.41, 5.74) is 0.394. The van der Waals surface area contributed by atoms with Gasteiger partial charge in [0.2, 0.25) is 0 Å². The molecule has 3 rings (SSSR count). The molecule has 1 atom stereocenters. The van der Waals surface area contributed by atoms with E-state index in [1.807, 2.05) is 4.90 Å². The molecule has 33 heavy (non-hydrogen) atoms. The zero-order valence-corrected chi connectivity index (χ0v) is 19.1. The van der Waals surface area contributed by atoms with Gasteiger partial charge in [-0.2, -0.15) is 13.2 Å². The van der Waals surface area contributed by atoms with Gasteiger partial charge >= 0.3 is 12.1 Å². The molecule has 1 fully saturated rings. The Labute approximate surface area is 193 Å². The smallest absolute Gasteiger partial charge is 0.416 e. The number of halogens is 3. The molecule has 1 saturated heterocycles. The second-order valence-electron chi connectivity index (χ2n) is 8.45. The van der Waals surface area contributed by atoms with Crippen molar-refractivity contribution in [3.8, 4) is 0 Å². The van der Waals surface area contributed by atoms with Crippen LogP contribution in [0.3, 0.4) is 0 Å². The first-order chi connectivity index (χ1) is 15.9. The Balaban J connectivity index is 1.56. The van der Waals surface area contributed by atoms with Gasteiger partial charge in [0.15, 0.2) is 0 Å². The molecule has 0 amide bonds. The fourth-order valence-corrected chi connectivity index (χ4v) is 4.04. The Morgan fingerprint density at radius 3 is 2.55 bits per heavy atom. The van der Waals surface area contributed by atoms with E-state index in [2.05, 4.69) is 16.8 Å². The van der Waals surface area contributed by atoms with E-state index in [9.17, 15) is 18.0 Å². The average Bonchev–Trinajstić information content (AvgIpc) is 2.82. The number of esters is 1. The summed E-state index contributed by atoms with van der Waals surface area (Å²) in [6.07, 6.45) is 3.71. The molecule has 180 valence electrons. The molecule has 0 spiro atoms. The molecule has 0 saturated carbocycles. The van der Waals surface area contributed by atoms with E-state index in [0.29, 0.717) is 44.0 Å². The summed E-state index contributed by atoms with van der Waals surface area (Å²) >= 11 is 0. The number of carbonyl (C=O) groups excluding carboxylic acids is 1. The Bertz CT molecular complexity index is 869. The number of carbonyl (C=O) groups is 1. The number of anilines is 1. The van der Waals surface area contributed by atoms with Crippen LogP contribution in [-0.2, 0) is 10.9 Å². The molecule has 0 N–H and O–H groups in total. The summed E-state index contributed by atoms with van der Waals surface area (Å²) < 4.78 is 45.0. The van der Waals surface area contributed by atoms with Crippen molar-refractivity contribution in [2.45, 2.75) is 51.3 Å². The lowest BCUT2D eigenvalue weighted by Gasteiger charge is -2.37. The molecule has 8 heteroatoms. The maximum absolute atomic E-state index is 13.0. The predicted molar refractivity (Wildman–Crippen MR) is 122 cm³/mol. The first-order valence-electron chi connectivity index (χ1n) is 11.6. The topological polar surface area (TPSA) is 45.7 Å². The Kier molecular flexibility index (Phi) is 9.11.